The number of nitro groups is 1. The topological polar surface area (TPSA) is 89.7 Å². The maximum absolute atomic E-state index is 11.8. The van der Waals surface area contributed by atoms with Gasteiger partial charge in [0.05, 0.1) is 10.5 Å². The predicted molar refractivity (Wildman–Crippen MR) is 73.0 cm³/mol. The van der Waals surface area contributed by atoms with E-state index in [0.29, 0.717) is 0 Å². The normalized spacial score (nSPS) is 12.6. The first kappa shape index (κ1) is 15.8. The molecule has 6 heteroatoms. The maximum Gasteiger partial charge on any atom is 0.336 e. The summed E-state index contributed by atoms with van der Waals surface area (Å²) in [6, 6.07) is 5.40. The van der Waals surface area contributed by atoms with Gasteiger partial charge in [0.15, 0.2) is 0 Å². The van der Waals surface area contributed by atoms with E-state index in [2.05, 4.69) is 6.58 Å². The summed E-state index contributed by atoms with van der Waals surface area (Å²) < 4.78 is 5.09. The Morgan fingerprint density at radius 1 is 1.45 bits per heavy atom. The molecule has 1 rings (SSSR count). The second-order valence-electron chi connectivity index (χ2n) is 5.28. The third-order valence-electron chi connectivity index (χ3n) is 2.39. The van der Waals surface area contributed by atoms with Crippen molar-refractivity contribution in [3.63, 3.8) is 0 Å². The van der Waals surface area contributed by atoms with Crippen LogP contribution >= 0.6 is 0 Å². The quantitative estimate of drug-likeness (QED) is 0.396. The Morgan fingerprint density at radius 3 is 2.55 bits per heavy atom. The number of hydrogen-bond acceptors (Lipinski definition) is 5. The van der Waals surface area contributed by atoms with Crippen LogP contribution in [0.3, 0.4) is 0 Å². The lowest BCUT2D eigenvalue weighted by molar-refractivity contribution is -0.385. The molecule has 1 aromatic carbocycles. The number of benzene rings is 1. The third kappa shape index (κ3) is 4.17. The second kappa shape index (κ2) is 5.83. The van der Waals surface area contributed by atoms with Crippen LogP contribution in [0.1, 0.15) is 32.4 Å². The summed E-state index contributed by atoms with van der Waals surface area (Å²) in [5, 5.41) is 20.7. The molecule has 0 radical (unpaired) electrons. The lowest BCUT2D eigenvalue weighted by Crippen LogP contribution is -2.26. The molecule has 0 aromatic heterocycles. The molecule has 1 aromatic rings. The van der Waals surface area contributed by atoms with E-state index in [1.165, 1.54) is 24.3 Å². The molecule has 0 amide bonds. The van der Waals surface area contributed by atoms with Gasteiger partial charge in [-0.25, -0.2) is 4.79 Å². The highest BCUT2D eigenvalue weighted by Gasteiger charge is 2.25. The van der Waals surface area contributed by atoms with E-state index in [0.717, 1.165) is 0 Å². The third-order valence-corrected chi connectivity index (χ3v) is 2.39. The Kier molecular flexibility index (Phi) is 4.62. The van der Waals surface area contributed by atoms with Crippen molar-refractivity contribution in [3.8, 4) is 0 Å². The molecule has 0 aliphatic carbocycles. The van der Waals surface area contributed by atoms with Crippen LogP contribution in [0.15, 0.2) is 36.4 Å². The largest absolute Gasteiger partial charge is 0.457 e. The molecule has 0 heterocycles. The highest BCUT2D eigenvalue weighted by Crippen LogP contribution is 2.25. The number of aliphatic hydroxyl groups is 1. The summed E-state index contributed by atoms with van der Waals surface area (Å²) in [6.07, 6.45) is -1.34. The zero-order chi connectivity index (χ0) is 15.5. The zero-order valence-corrected chi connectivity index (χ0v) is 11.6. The number of aliphatic hydroxyl groups excluding tert-OH is 1. The molecule has 0 saturated heterocycles. The molecule has 20 heavy (non-hydrogen) atoms. The van der Waals surface area contributed by atoms with Crippen LogP contribution in [0.25, 0.3) is 0 Å². The summed E-state index contributed by atoms with van der Waals surface area (Å²) in [7, 11) is 0. The van der Waals surface area contributed by atoms with E-state index in [1.807, 2.05) is 0 Å². The van der Waals surface area contributed by atoms with Crippen molar-refractivity contribution < 1.29 is 19.6 Å². The Balaban J connectivity index is 2.92. The van der Waals surface area contributed by atoms with Gasteiger partial charge in [0.25, 0.3) is 5.69 Å². The number of esters is 1. The molecule has 0 fully saturated rings. The summed E-state index contributed by atoms with van der Waals surface area (Å²) in [5.74, 6) is -0.739. The van der Waals surface area contributed by atoms with Gasteiger partial charge in [-0.15, -0.1) is 0 Å². The molecule has 0 aliphatic heterocycles. The number of carbonyl (C=O) groups is 1. The molecule has 0 saturated carbocycles. The summed E-state index contributed by atoms with van der Waals surface area (Å²) in [4.78, 5) is 21.9. The first-order valence-electron chi connectivity index (χ1n) is 5.96. The average molecular weight is 279 g/mol. The van der Waals surface area contributed by atoms with Gasteiger partial charge < -0.3 is 9.84 Å². The van der Waals surface area contributed by atoms with E-state index in [4.69, 9.17) is 4.74 Å². The van der Waals surface area contributed by atoms with Crippen LogP contribution in [0, 0.1) is 10.1 Å². The number of hydrogen-bond donors (Lipinski definition) is 1. The number of ether oxygens (including phenoxy) is 1. The Bertz CT molecular complexity index is 545. The summed E-state index contributed by atoms with van der Waals surface area (Å²) in [5.41, 5.74) is -0.823. The molecule has 0 spiro atoms. The van der Waals surface area contributed by atoms with Crippen molar-refractivity contribution in [1.29, 1.82) is 0 Å². The van der Waals surface area contributed by atoms with Crippen molar-refractivity contribution in [2.75, 3.05) is 0 Å². The SMILES string of the molecule is C=C(C(=O)OC(C)(C)C)C(O)c1cccc([N+](=O)[O-])c1. The minimum atomic E-state index is -1.34. The fourth-order valence-electron chi connectivity index (χ4n) is 1.46. The van der Waals surface area contributed by atoms with Gasteiger partial charge in [-0.3, -0.25) is 10.1 Å². The van der Waals surface area contributed by atoms with E-state index < -0.39 is 22.6 Å². The van der Waals surface area contributed by atoms with E-state index >= 15 is 0 Å². The lowest BCUT2D eigenvalue weighted by Gasteiger charge is -2.22. The molecule has 0 bridgehead atoms. The number of non-ortho nitro benzene ring substituents is 1. The Labute approximate surface area is 116 Å². The molecule has 0 aliphatic rings. The lowest BCUT2D eigenvalue weighted by atomic mass is 10.0. The van der Waals surface area contributed by atoms with E-state index in [1.54, 1.807) is 20.8 Å². The summed E-state index contributed by atoms with van der Waals surface area (Å²) >= 11 is 0. The van der Waals surface area contributed by atoms with Gasteiger partial charge in [0, 0.05) is 12.1 Å². The van der Waals surface area contributed by atoms with Crippen molar-refractivity contribution in [1.82, 2.24) is 0 Å². The van der Waals surface area contributed by atoms with E-state index in [9.17, 15) is 20.0 Å². The summed E-state index contributed by atoms with van der Waals surface area (Å²) in [6.45, 7) is 8.57. The minimum absolute atomic E-state index is 0.166. The van der Waals surface area contributed by atoms with Gasteiger partial charge >= 0.3 is 5.97 Å². The van der Waals surface area contributed by atoms with Gasteiger partial charge in [-0.2, -0.15) is 0 Å². The number of nitrogens with zero attached hydrogens (tertiary/aromatic N) is 1. The predicted octanol–water partition coefficient (Wildman–Crippen LogP) is 2.53. The standard InChI is InChI=1S/C14H17NO5/c1-9(13(17)20-14(2,3)4)12(16)10-6-5-7-11(8-10)15(18)19/h5-8,12,16H,1H2,2-4H3. The van der Waals surface area contributed by atoms with Crippen molar-refractivity contribution in [2.24, 2.45) is 0 Å². The van der Waals surface area contributed by atoms with Crippen molar-refractivity contribution in [3.05, 3.63) is 52.1 Å². The van der Waals surface area contributed by atoms with Gasteiger partial charge in [0.1, 0.15) is 11.7 Å². The van der Waals surface area contributed by atoms with Gasteiger partial charge in [-0.05, 0) is 26.3 Å². The molecular formula is C14H17NO5. The van der Waals surface area contributed by atoms with Crippen molar-refractivity contribution >= 4 is 11.7 Å². The average Bonchev–Trinajstić information content (AvgIpc) is 2.35. The van der Waals surface area contributed by atoms with Crippen LogP contribution in [-0.2, 0) is 9.53 Å². The van der Waals surface area contributed by atoms with Crippen LogP contribution in [0.4, 0.5) is 5.69 Å². The highest BCUT2D eigenvalue weighted by atomic mass is 16.6. The zero-order valence-electron chi connectivity index (χ0n) is 11.6. The second-order valence-corrected chi connectivity index (χ2v) is 5.28. The Morgan fingerprint density at radius 2 is 2.05 bits per heavy atom. The monoisotopic (exact) mass is 279 g/mol. The van der Waals surface area contributed by atoms with Gasteiger partial charge in [0.2, 0.25) is 0 Å². The number of rotatable bonds is 4. The van der Waals surface area contributed by atoms with Crippen LogP contribution < -0.4 is 0 Å². The maximum atomic E-state index is 11.8. The fourth-order valence-corrected chi connectivity index (χ4v) is 1.46. The Hall–Kier alpha value is -2.21. The number of carbonyl (C=O) groups excluding carboxylic acids is 1. The fraction of sp³-hybridized carbons (Fsp3) is 0.357. The van der Waals surface area contributed by atoms with E-state index in [-0.39, 0.29) is 16.8 Å². The highest BCUT2D eigenvalue weighted by molar-refractivity contribution is 5.89. The molecular weight excluding hydrogens is 262 g/mol. The molecule has 1 unspecified atom stereocenters. The molecule has 1 N–H and O–H groups in total. The first-order chi connectivity index (χ1) is 9.11. The smallest absolute Gasteiger partial charge is 0.336 e. The van der Waals surface area contributed by atoms with Crippen molar-refractivity contribution in [2.45, 2.75) is 32.5 Å². The first-order valence-corrected chi connectivity index (χ1v) is 5.96. The molecule has 1 atom stereocenters. The van der Waals surface area contributed by atoms with Crippen LogP contribution in [0.5, 0.6) is 0 Å². The molecule has 108 valence electrons. The van der Waals surface area contributed by atoms with Crippen LogP contribution in [-0.4, -0.2) is 21.6 Å². The number of nitro benzene ring substituents is 1. The van der Waals surface area contributed by atoms with Crippen LogP contribution in [0.2, 0.25) is 0 Å². The minimum Gasteiger partial charge on any atom is -0.457 e. The molecule has 6 nitrogen and oxygen atoms in total. The van der Waals surface area contributed by atoms with Gasteiger partial charge in [-0.1, -0.05) is 18.7 Å².